The van der Waals surface area contributed by atoms with Crippen LogP contribution in [-0.4, -0.2) is 92.9 Å². The summed E-state index contributed by atoms with van der Waals surface area (Å²) < 4.78 is 10.7. The Morgan fingerprint density at radius 3 is 1.22 bits per heavy atom. The second-order valence-electron chi connectivity index (χ2n) is 8.05. The molecule has 0 amide bonds. The van der Waals surface area contributed by atoms with Gasteiger partial charge in [0.2, 0.25) is 0 Å². The van der Waals surface area contributed by atoms with Crippen molar-refractivity contribution in [2.75, 3.05) is 23.8 Å². The fraction of sp³-hybridized carbons (Fsp3) is 0.455. The fourth-order valence-corrected chi connectivity index (χ4v) is 3.71. The maximum Gasteiger partial charge on any atom is 0.156 e. The van der Waals surface area contributed by atoms with E-state index in [-0.39, 0.29) is 13.2 Å². The zero-order chi connectivity index (χ0) is 22.8. The normalized spacial score (nSPS) is 35.3. The van der Waals surface area contributed by atoms with Gasteiger partial charge in [-0.25, -0.2) is 0 Å². The van der Waals surface area contributed by atoms with Gasteiger partial charge in [-0.05, 0) is 35.4 Å². The second-order valence-corrected chi connectivity index (χ2v) is 8.05. The van der Waals surface area contributed by atoms with Crippen molar-refractivity contribution in [3.05, 3.63) is 48.5 Å². The SMILES string of the molecule is OC1COC(Nc2ccc(-c3ccc(NC4OCC(O)C(O)C4O)cc3)cc2)C(O)C1O. The Labute approximate surface area is 184 Å². The van der Waals surface area contributed by atoms with Crippen molar-refractivity contribution in [2.45, 2.75) is 49.1 Å². The highest BCUT2D eigenvalue weighted by molar-refractivity contribution is 5.68. The topological polar surface area (TPSA) is 164 Å². The molecule has 2 aliphatic heterocycles. The minimum atomic E-state index is -1.28. The average Bonchev–Trinajstić information content (AvgIpc) is 2.81. The molecule has 2 saturated heterocycles. The number of rotatable bonds is 5. The van der Waals surface area contributed by atoms with Crippen LogP contribution in [0.5, 0.6) is 0 Å². The number of benzene rings is 2. The Bertz CT molecular complexity index is 807. The summed E-state index contributed by atoms with van der Waals surface area (Å²) >= 11 is 0. The molecule has 2 aromatic rings. The van der Waals surface area contributed by atoms with E-state index >= 15 is 0 Å². The molecule has 0 aromatic heterocycles. The van der Waals surface area contributed by atoms with E-state index in [1.54, 1.807) is 0 Å². The average molecular weight is 448 g/mol. The highest BCUT2D eigenvalue weighted by Gasteiger charge is 2.38. The summed E-state index contributed by atoms with van der Waals surface area (Å²) in [6.07, 6.45) is -8.96. The Hall–Kier alpha value is -2.28. The molecule has 10 nitrogen and oxygen atoms in total. The molecule has 4 rings (SSSR count). The van der Waals surface area contributed by atoms with E-state index in [0.717, 1.165) is 11.1 Å². The maximum atomic E-state index is 10.0. The highest BCUT2D eigenvalue weighted by atomic mass is 16.5. The lowest BCUT2D eigenvalue weighted by Gasteiger charge is -2.36. The number of aliphatic hydroxyl groups excluding tert-OH is 6. The number of hydrogen-bond donors (Lipinski definition) is 8. The van der Waals surface area contributed by atoms with Gasteiger partial charge in [-0.1, -0.05) is 24.3 Å². The third-order valence-corrected chi connectivity index (χ3v) is 5.72. The summed E-state index contributed by atoms with van der Waals surface area (Å²) in [5.41, 5.74) is 3.25. The highest BCUT2D eigenvalue weighted by Crippen LogP contribution is 2.26. The summed E-state index contributed by atoms with van der Waals surface area (Å²) in [6.45, 7) is -0.145. The summed E-state index contributed by atoms with van der Waals surface area (Å²) in [5.74, 6) is 0. The molecular weight excluding hydrogens is 420 g/mol. The zero-order valence-electron chi connectivity index (χ0n) is 17.2. The maximum absolute atomic E-state index is 10.0. The summed E-state index contributed by atoms with van der Waals surface area (Å²) in [6, 6.07) is 14.8. The van der Waals surface area contributed by atoms with Crippen LogP contribution in [0.3, 0.4) is 0 Å². The molecule has 2 aromatic carbocycles. The standard InChI is InChI=1S/C22H28N2O8/c25-15-9-31-21(19(29)17(15)27)23-13-5-1-11(2-6-13)12-3-7-14(8-4-12)24-22-20(30)18(28)16(26)10-32-22/h1-8,15-30H,9-10H2. The van der Waals surface area contributed by atoms with E-state index in [4.69, 9.17) is 9.47 Å². The van der Waals surface area contributed by atoms with Crippen molar-refractivity contribution < 1.29 is 40.1 Å². The second kappa shape index (κ2) is 9.69. The quantitative estimate of drug-likeness (QED) is 0.286. The molecule has 0 saturated carbocycles. The van der Waals surface area contributed by atoms with Crippen LogP contribution in [0.4, 0.5) is 11.4 Å². The molecule has 32 heavy (non-hydrogen) atoms. The van der Waals surface area contributed by atoms with Crippen molar-refractivity contribution >= 4 is 11.4 Å². The van der Waals surface area contributed by atoms with Crippen LogP contribution in [0.25, 0.3) is 11.1 Å². The van der Waals surface area contributed by atoms with Gasteiger partial charge in [-0.2, -0.15) is 0 Å². The Balaban J connectivity index is 1.36. The summed E-state index contributed by atoms with van der Waals surface area (Å²) in [7, 11) is 0. The van der Waals surface area contributed by atoms with Gasteiger partial charge in [0.25, 0.3) is 0 Å². The number of anilines is 2. The van der Waals surface area contributed by atoms with E-state index in [0.29, 0.717) is 11.4 Å². The van der Waals surface area contributed by atoms with Gasteiger partial charge in [0, 0.05) is 11.4 Å². The van der Waals surface area contributed by atoms with Gasteiger partial charge >= 0.3 is 0 Å². The summed E-state index contributed by atoms with van der Waals surface area (Å²) in [5, 5.41) is 64.7. The molecule has 174 valence electrons. The van der Waals surface area contributed by atoms with Gasteiger partial charge < -0.3 is 50.7 Å². The smallest absolute Gasteiger partial charge is 0.156 e. The first-order valence-corrected chi connectivity index (χ1v) is 10.4. The minimum Gasteiger partial charge on any atom is -0.388 e. The van der Waals surface area contributed by atoms with Gasteiger partial charge in [-0.3, -0.25) is 0 Å². The van der Waals surface area contributed by atoms with Crippen molar-refractivity contribution in [3.63, 3.8) is 0 Å². The van der Waals surface area contributed by atoms with E-state index < -0.39 is 49.1 Å². The third kappa shape index (κ3) is 4.87. The lowest BCUT2D eigenvalue weighted by atomic mass is 10.0. The van der Waals surface area contributed by atoms with Crippen molar-refractivity contribution in [3.8, 4) is 11.1 Å². The minimum absolute atomic E-state index is 0.0726. The first-order chi connectivity index (χ1) is 15.3. The first-order valence-electron chi connectivity index (χ1n) is 10.4. The van der Waals surface area contributed by atoms with Crippen LogP contribution >= 0.6 is 0 Å². The van der Waals surface area contributed by atoms with E-state index in [2.05, 4.69) is 10.6 Å². The zero-order valence-corrected chi connectivity index (χ0v) is 17.2. The lowest BCUT2D eigenvalue weighted by Crippen LogP contribution is -2.55. The third-order valence-electron chi connectivity index (χ3n) is 5.72. The lowest BCUT2D eigenvalue weighted by molar-refractivity contribution is -0.178. The number of aliphatic hydroxyl groups is 6. The molecule has 8 N–H and O–H groups in total. The van der Waals surface area contributed by atoms with Crippen LogP contribution in [0.2, 0.25) is 0 Å². The fourth-order valence-electron chi connectivity index (χ4n) is 3.71. The van der Waals surface area contributed by atoms with Gasteiger partial charge in [0.05, 0.1) is 13.2 Å². The van der Waals surface area contributed by atoms with Crippen LogP contribution < -0.4 is 10.6 Å². The van der Waals surface area contributed by atoms with Crippen molar-refractivity contribution in [2.24, 2.45) is 0 Å². The van der Waals surface area contributed by atoms with Gasteiger partial charge in [0.15, 0.2) is 12.5 Å². The van der Waals surface area contributed by atoms with Gasteiger partial charge in [-0.15, -0.1) is 0 Å². The van der Waals surface area contributed by atoms with Gasteiger partial charge in [0.1, 0.15) is 36.6 Å². The van der Waals surface area contributed by atoms with Crippen LogP contribution in [0, 0.1) is 0 Å². The van der Waals surface area contributed by atoms with Crippen molar-refractivity contribution in [1.82, 2.24) is 0 Å². The number of ether oxygens (including phenoxy) is 2. The van der Waals surface area contributed by atoms with E-state index in [1.807, 2.05) is 48.5 Å². The molecule has 0 radical (unpaired) electrons. The van der Waals surface area contributed by atoms with Crippen molar-refractivity contribution in [1.29, 1.82) is 0 Å². The van der Waals surface area contributed by atoms with E-state index in [1.165, 1.54) is 0 Å². The molecule has 8 unspecified atom stereocenters. The Kier molecular flexibility index (Phi) is 6.93. The monoisotopic (exact) mass is 448 g/mol. The number of nitrogens with one attached hydrogen (secondary N) is 2. The van der Waals surface area contributed by atoms with E-state index in [9.17, 15) is 30.6 Å². The molecule has 2 heterocycles. The predicted octanol–water partition coefficient (Wildman–Crippen LogP) is -0.945. The largest absolute Gasteiger partial charge is 0.388 e. The van der Waals surface area contributed by atoms with Crippen LogP contribution in [0.1, 0.15) is 0 Å². The molecule has 0 spiro atoms. The molecule has 2 fully saturated rings. The molecular formula is C22H28N2O8. The predicted molar refractivity (Wildman–Crippen MR) is 115 cm³/mol. The molecule has 0 aliphatic carbocycles. The molecule has 2 aliphatic rings. The number of hydrogen-bond acceptors (Lipinski definition) is 10. The first kappa shape index (κ1) is 22.9. The summed E-state index contributed by atoms with van der Waals surface area (Å²) in [4.78, 5) is 0. The Morgan fingerprint density at radius 2 is 0.875 bits per heavy atom. The molecule has 8 atom stereocenters. The molecule has 10 heteroatoms. The van der Waals surface area contributed by atoms with Crippen LogP contribution in [-0.2, 0) is 9.47 Å². The van der Waals surface area contributed by atoms with Crippen LogP contribution in [0.15, 0.2) is 48.5 Å². The Morgan fingerprint density at radius 1 is 0.531 bits per heavy atom. The molecule has 0 bridgehead atoms.